The number of sulfonamides is 1. The first kappa shape index (κ1) is 25.1. The van der Waals surface area contributed by atoms with Crippen LogP contribution in [0, 0.1) is 5.82 Å². The summed E-state index contributed by atoms with van der Waals surface area (Å²) < 4.78 is 46.4. The van der Waals surface area contributed by atoms with Crippen molar-refractivity contribution in [2.45, 2.75) is 37.7 Å². The molecule has 11 heteroatoms. The van der Waals surface area contributed by atoms with Crippen molar-refractivity contribution < 1.29 is 27.4 Å². The van der Waals surface area contributed by atoms with Crippen LogP contribution in [0.4, 0.5) is 4.39 Å². The molecule has 0 radical (unpaired) electrons. The number of nitrogens with zero attached hydrogens (tertiary/aromatic N) is 2. The van der Waals surface area contributed by atoms with Crippen LogP contribution in [0.1, 0.15) is 27.2 Å². The Morgan fingerprint density at radius 1 is 1.15 bits per heavy atom. The van der Waals surface area contributed by atoms with Crippen LogP contribution < -0.4 is 15.0 Å². The average molecular weight is 490 g/mol. The monoisotopic (exact) mass is 489 g/mol. The molecule has 0 saturated carbocycles. The highest BCUT2D eigenvalue weighted by Gasteiger charge is 2.20. The van der Waals surface area contributed by atoms with Gasteiger partial charge in [-0.1, -0.05) is 12.1 Å². The topological polar surface area (TPSA) is 128 Å². The van der Waals surface area contributed by atoms with Crippen molar-refractivity contribution >= 4 is 15.9 Å². The normalized spacial score (nSPS) is 11.8. The molecule has 1 aromatic heterocycles. The number of nitrogens with one attached hydrogen (secondary N) is 1. The van der Waals surface area contributed by atoms with Crippen molar-refractivity contribution in [1.82, 2.24) is 14.5 Å². The van der Waals surface area contributed by atoms with E-state index >= 15 is 0 Å². The van der Waals surface area contributed by atoms with Crippen LogP contribution in [0.25, 0.3) is 16.8 Å². The highest BCUT2D eigenvalue weighted by molar-refractivity contribution is 7.90. The Labute approximate surface area is 195 Å². The third-order valence-corrected chi connectivity index (χ3v) is 6.17. The molecule has 0 fully saturated rings. The Hall–Kier alpha value is -3.57. The number of aliphatic hydroxyl groups is 1. The van der Waals surface area contributed by atoms with Crippen LogP contribution in [-0.2, 0) is 14.8 Å². The first-order valence-corrected chi connectivity index (χ1v) is 11.7. The first-order valence-electron chi connectivity index (χ1n) is 10.2. The minimum Gasteiger partial charge on any atom is -0.487 e. The van der Waals surface area contributed by atoms with Crippen molar-refractivity contribution in [3.8, 4) is 22.6 Å². The molecule has 0 unspecified atom stereocenters. The summed E-state index contributed by atoms with van der Waals surface area (Å²) in [6.45, 7) is 4.32. The standard InChI is InChI=1S/C23H24FN3O6S/c1-15(28)26-34(31,32)19-10-4-16(5-11-19)20-14-25-27(18-8-6-17(24)7-9-18)22(29)21(20)33-13-12-23(2,3)30/h4-11,14,30H,12-13H2,1-3H3,(H,26,28). The fourth-order valence-corrected chi connectivity index (χ4v) is 4.00. The van der Waals surface area contributed by atoms with E-state index in [9.17, 15) is 27.5 Å². The van der Waals surface area contributed by atoms with Crippen LogP contribution in [-0.4, -0.2) is 41.4 Å². The second-order valence-electron chi connectivity index (χ2n) is 8.18. The van der Waals surface area contributed by atoms with Gasteiger partial charge in [0.25, 0.3) is 10.0 Å². The molecule has 1 heterocycles. The van der Waals surface area contributed by atoms with E-state index in [0.29, 0.717) is 16.8 Å². The summed E-state index contributed by atoms with van der Waals surface area (Å²) in [4.78, 5) is 24.2. The predicted molar refractivity (Wildman–Crippen MR) is 123 cm³/mol. The lowest BCUT2D eigenvalue weighted by Gasteiger charge is -2.18. The summed E-state index contributed by atoms with van der Waals surface area (Å²) >= 11 is 0. The lowest BCUT2D eigenvalue weighted by atomic mass is 10.1. The molecule has 0 saturated heterocycles. The molecule has 9 nitrogen and oxygen atoms in total. The van der Waals surface area contributed by atoms with Gasteiger partial charge >= 0.3 is 5.56 Å². The maximum Gasteiger partial charge on any atom is 0.314 e. The van der Waals surface area contributed by atoms with Gasteiger partial charge in [0.15, 0.2) is 5.75 Å². The summed E-state index contributed by atoms with van der Waals surface area (Å²) in [7, 11) is -4.02. The fourth-order valence-electron chi connectivity index (χ4n) is 3.01. The molecule has 2 N–H and O–H groups in total. The van der Waals surface area contributed by atoms with Gasteiger partial charge in [0.2, 0.25) is 5.91 Å². The van der Waals surface area contributed by atoms with Crippen LogP contribution >= 0.6 is 0 Å². The molecule has 34 heavy (non-hydrogen) atoms. The van der Waals surface area contributed by atoms with Crippen molar-refractivity contribution in [3.05, 3.63) is 70.9 Å². The van der Waals surface area contributed by atoms with Gasteiger partial charge in [-0.25, -0.2) is 17.5 Å². The SMILES string of the molecule is CC(=O)NS(=O)(=O)c1ccc(-c2cnn(-c3ccc(F)cc3)c(=O)c2OCCC(C)(C)O)cc1. The van der Waals surface area contributed by atoms with Crippen LogP contribution in [0.15, 0.2) is 64.4 Å². The summed E-state index contributed by atoms with van der Waals surface area (Å²) in [6, 6.07) is 10.7. The van der Waals surface area contributed by atoms with Crippen LogP contribution in [0.5, 0.6) is 5.75 Å². The molecule has 0 aliphatic rings. The predicted octanol–water partition coefficient (Wildman–Crippen LogP) is 2.40. The Balaban J connectivity index is 2.05. The van der Waals surface area contributed by atoms with E-state index in [-0.39, 0.29) is 23.7 Å². The van der Waals surface area contributed by atoms with Gasteiger partial charge < -0.3 is 9.84 Å². The Bertz CT molecular complexity index is 1350. The molecule has 3 aromatic rings. The van der Waals surface area contributed by atoms with E-state index in [0.717, 1.165) is 11.6 Å². The lowest BCUT2D eigenvalue weighted by Crippen LogP contribution is -2.28. The molecule has 0 spiro atoms. The average Bonchev–Trinajstić information content (AvgIpc) is 2.74. The highest BCUT2D eigenvalue weighted by Crippen LogP contribution is 2.28. The molecule has 0 aliphatic carbocycles. The molecule has 0 atom stereocenters. The quantitative estimate of drug-likeness (QED) is 0.497. The van der Waals surface area contributed by atoms with E-state index in [1.165, 1.54) is 54.7 Å². The van der Waals surface area contributed by atoms with E-state index in [2.05, 4.69) is 5.10 Å². The fraction of sp³-hybridized carbons (Fsp3) is 0.261. The lowest BCUT2D eigenvalue weighted by molar-refractivity contribution is -0.117. The van der Waals surface area contributed by atoms with Gasteiger partial charge in [0.1, 0.15) is 5.82 Å². The van der Waals surface area contributed by atoms with Gasteiger partial charge in [0, 0.05) is 18.9 Å². The van der Waals surface area contributed by atoms with Crippen molar-refractivity contribution in [1.29, 1.82) is 0 Å². The number of hydrogen-bond donors (Lipinski definition) is 2. The maximum absolute atomic E-state index is 13.3. The molecule has 1 amide bonds. The number of carbonyl (C=O) groups is 1. The van der Waals surface area contributed by atoms with E-state index < -0.39 is 32.9 Å². The van der Waals surface area contributed by atoms with Crippen molar-refractivity contribution in [2.24, 2.45) is 0 Å². The summed E-state index contributed by atoms with van der Waals surface area (Å²) in [5.74, 6) is -1.26. The van der Waals surface area contributed by atoms with Crippen molar-refractivity contribution in [3.63, 3.8) is 0 Å². The van der Waals surface area contributed by atoms with E-state index in [1.807, 2.05) is 4.72 Å². The Kier molecular flexibility index (Phi) is 7.18. The van der Waals surface area contributed by atoms with Gasteiger partial charge in [-0.2, -0.15) is 9.78 Å². The third-order valence-electron chi connectivity index (χ3n) is 4.72. The van der Waals surface area contributed by atoms with E-state index in [1.54, 1.807) is 13.8 Å². The number of hydrogen-bond acceptors (Lipinski definition) is 7. The molecular weight excluding hydrogens is 465 g/mol. The molecule has 0 bridgehead atoms. The molecule has 2 aromatic carbocycles. The van der Waals surface area contributed by atoms with E-state index in [4.69, 9.17) is 4.74 Å². The van der Waals surface area contributed by atoms with Gasteiger partial charge in [-0.15, -0.1) is 0 Å². The Morgan fingerprint density at radius 3 is 2.32 bits per heavy atom. The smallest absolute Gasteiger partial charge is 0.314 e. The van der Waals surface area contributed by atoms with Crippen molar-refractivity contribution in [2.75, 3.05) is 6.61 Å². The minimum absolute atomic E-state index is 0.0220. The Morgan fingerprint density at radius 2 is 1.76 bits per heavy atom. The molecule has 180 valence electrons. The molecular formula is C23H24FN3O6S. The minimum atomic E-state index is -4.02. The number of ether oxygens (including phenoxy) is 1. The third kappa shape index (κ3) is 6.06. The zero-order valence-electron chi connectivity index (χ0n) is 18.8. The second kappa shape index (κ2) is 9.74. The van der Waals surface area contributed by atoms with Gasteiger partial charge in [-0.05, 0) is 55.8 Å². The summed E-state index contributed by atoms with van der Waals surface area (Å²) in [5.41, 5.74) is -0.585. The largest absolute Gasteiger partial charge is 0.487 e. The highest BCUT2D eigenvalue weighted by atomic mass is 32.2. The second-order valence-corrected chi connectivity index (χ2v) is 9.86. The number of amides is 1. The van der Waals surface area contributed by atoms with Gasteiger partial charge in [0.05, 0.1) is 29.0 Å². The molecule has 0 aliphatic heterocycles. The summed E-state index contributed by atoms with van der Waals surface area (Å²) in [5, 5.41) is 14.1. The summed E-state index contributed by atoms with van der Waals surface area (Å²) in [6.07, 6.45) is 1.61. The number of benzene rings is 2. The number of carbonyl (C=O) groups excluding carboxylic acids is 1. The zero-order chi connectivity index (χ0) is 25.1. The zero-order valence-corrected chi connectivity index (χ0v) is 19.6. The molecule has 3 rings (SSSR count). The van der Waals surface area contributed by atoms with Gasteiger partial charge in [-0.3, -0.25) is 9.59 Å². The number of rotatable bonds is 8. The van der Waals surface area contributed by atoms with Crippen LogP contribution in [0.3, 0.4) is 0 Å². The number of aromatic nitrogens is 2. The van der Waals surface area contributed by atoms with Crippen LogP contribution in [0.2, 0.25) is 0 Å². The first-order chi connectivity index (χ1) is 15.9. The maximum atomic E-state index is 13.3. The number of halogens is 1.